The van der Waals surface area contributed by atoms with E-state index in [0.29, 0.717) is 6.04 Å². The topological polar surface area (TPSA) is 45.1 Å². The van der Waals surface area contributed by atoms with Crippen molar-refractivity contribution in [3.63, 3.8) is 0 Å². The summed E-state index contributed by atoms with van der Waals surface area (Å²) in [4.78, 5) is 24.4. The van der Waals surface area contributed by atoms with Crippen LogP contribution in [0.5, 0.6) is 5.75 Å². The van der Waals surface area contributed by atoms with Crippen LogP contribution in [-0.4, -0.2) is 47.3 Å². The molecule has 1 saturated heterocycles. The van der Waals surface area contributed by atoms with Gasteiger partial charge in [0.05, 0.1) is 23.6 Å². The number of allylic oxidation sites excluding steroid dienone is 1. The van der Waals surface area contributed by atoms with Gasteiger partial charge in [0.1, 0.15) is 5.75 Å². The van der Waals surface area contributed by atoms with E-state index >= 15 is 0 Å². The van der Waals surface area contributed by atoms with Gasteiger partial charge in [-0.3, -0.25) is 14.7 Å². The monoisotopic (exact) mass is 535 g/mol. The first kappa shape index (κ1) is 27.4. The molecule has 5 rings (SSSR count). The van der Waals surface area contributed by atoms with E-state index in [-0.39, 0.29) is 17.5 Å². The number of fused-ring (bicyclic) bond motifs is 1. The van der Waals surface area contributed by atoms with Crippen molar-refractivity contribution in [3.05, 3.63) is 34.2 Å². The molecule has 0 unspecified atom stereocenters. The first-order valence-corrected chi connectivity index (χ1v) is 15.6. The highest BCUT2D eigenvalue weighted by Gasteiger charge is 2.39. The van der Waals surface area contributed by atoms with Crippen molar-refractivity contribution in [2.75, 3.05) is 18.6 Å². The molecule has 0 bridgehead atoms. The third-order valence-corrected chi connectivity index (χ3v) is 9.70. The Kier molecular flexibility index (Phi) is 8.27. The molecule has 1 aromatic rings. The van der Waals surface area contributed by atoms with Crippen LogP contribution in [0.2, 0.25) is 0 Å². The number of hydrogen-bond donors (Lipinski definition) is 0. The lowest BCUT2D eigenvalue weighted by Crippen LogP contribution is -2.45. The third kappa shape index (κ3) is 5.43. The molecule has 4 aliphatic rings. The molecule has 2 saturated carbocycles. The summed E-state index contributed by atoms with van der Waals surface area (Å²) in [5.41, 5.74) is 4.62. The molecule has 2 aliphatic carbocycles. The van der Waals surface area contributed by atoms with Crippen LogP contribution in [0.1, 0.15) is 109 Å². The Balaban J connectivity index is 1.53. The second-order valence-electron chi connectivity index (χ2n) is 12.0. The molecular weight excluding hydrogens is 490 g/mol. The normalized spacial score (nSPS) is 24.8. The minimum atomic E-state index is -0.0552. The maximum atomic E-state index is 13.9. The summed E-state index contributed by atoms with van der Waals surface area (Å²) in [5.74, 6) is 0.940. The Morgan fingerprint density at radius 3 is 2.42 bits per heavy atom. The van der Waals surface area contributed by atoms with Gasteiger partial charge in [0, 0.05) is 35.5 Å². The average Bonchev–Trinajstić information content (AvgIpc) is 3.21. The molecule has 5 nitrogen and oxygen atoms in total. The average molecular weight is 536 g/mol. The highest BCUT2D eigenvalue weighted by atomic mass is 32.2. The number of amidine groups is 1. The number of carbonyl (C=O) groups is 1. The lowest BCUT2D eigenvalue weighted by molar-refractivity contribution is -0.124. The predicted octanol–water partition coefficient (Wildman–Crippen LogP) is 8.04. The number of methoxy groups -OCH3 is 1. The van der Waals surface area contributed by atoms with Gasteiger partial charge in [0.2, 0.25) is 0 Å². The second kappa shape index (κ2) is 11.5. The summed E-state index contributed by atoms with van der Waals surface area (Å²) in [6, 6.07) is 5.02. The third-order valence-electron chi connectivity index (χ3n) is 8.71. The fraction of sp³-hybridized carbons (Fsp3) is 0.625. The molecule has 0 radical (unpaired) electrons. The van der Waals surface area contributed by atoms with E-state index in [2.05, 4.69) is 61.8 Å². The van der Waals surface area contributed by atoms with Crippen molar-refractivity contribution >= 4 is 40.2 Å². The lowest BCUT2D eigenvalue weighted by atomic mass is 9.87. The van der Waals surface area contributed by atoms with Crippen molar-refractivity contribution in [2.24, 2.45) is 4.99 Å². The van der Waals surface area contributed by atoms with Gasteiger partial charge in [-0.15, -0.1) is 0 Å². The molecule has 0 spiro atoms. The van der Waals surface area contributed by atoms with Crippen LogP contribution < -0.4 is 9.64 Å². The van der Waals surface area contributed by atoms with Gasteiger partial charge in [-0.05, 0) is 82.4 Å². The first-order chi connectivity index (χ1) is 18.3. The number of benzene rings is 1. The summed E-state index contributed by atoms with van der Waals surface area (Å²) >= 11 is 1.58. The highest BCUT2D eigenvalue weighted by molar-refractivity contribution is 8.18. The number of amides is 1. The van der Waals surface area contributed by atoms with Gasteiger partial charge in [-0.2, -0.15) is 0 Å². The Morgan fingerprint density at radius 2 is 1.76 bits per heavy atom. The Labute approximate surface area is 233 Å². The van der Waals surface area contributed by atoms with E-state index in [1.54, 1.807) is 18.9 Å². The van der Waals surface area contributed by atoms with E-state index < -0.39 is 0 Å². The molecular formula is C32H45N3O2S. The SMILES string of the molecule is CCCN1c2cc(OC)c(/C=C3/SC(=NC4CCCCC4)N(C4CCCCC4)C3=O)cc2C(C)=CC1(C)C. The molecule has 206 valence electrons. The van der Waals surface area contributed by atoms with Crippen LogP contribution in [0.25, 0.3) is 11.6 Å². The predicted molar refractivity (Wildman–Crippen MR) is 162 cm³/mol. The second-order valence-corrected chi connectivity index (χ2v) is 13.0. The van der Waals surface area contributed by atoms with E-state index in [4.69, 9.17) is 9.73 Å². The molecule has 0 N–H and O–H groups in total. The number of hydrogen-bond acceptors (Lipinski definition) is 5. The van der Waals surface area contributed by atoms with E-state index in [9.17, 15) is 4.79 Å². The fourth-order valence-electron chi connectivity index (χ4n) is 6.79. The number of nitrogens with zero attached hydrogens (tertiary/aromatic N) is 3. The van der Waals surface area contributed by atoms with Crippen LogP contribution in [0, 0.1) is 0 Å². The Bertz CT molecular complexity index is 1140. The highest BCUT2D eigenvalue weighted by Crippen LogP contribution is 2.44. The van der Waals surface area contributed by atoms with Gasteiger partial charge >= 0.3 is 0 Å². The van der Waals surface area contributed by atoms with Gasteiger partial charge < -0.3 is 9.64 Å². The van der Waals surface area contributed by atoms with E-state index in [1.165, 1.54) is 55.3 Å². The summed E-state index contributed by atoms with van der Waals surface area (Å²) in [5, 5.41) is 0.934. The molecule has 6 heteroatoms. The maximum Gasteiger partial charge on any atom is 0.267 e. The van der Waals surface area contributed by atoms with Crippen molar-refractivity contribution in [2.45, 2.75) is 116 Å². The molecule has 38 heavy (non-hydrogen) atoms. The number of anilines is 1. The van der Waals surface area contributed by atoms with Crippen molar-refractivity contribution < 1.29 is 9.53 Å². The molecule has 0 atom stereocenters. The van der Waals surface area contributed by atoms with Gasteiger partial charge in [-0.1, -0.05) is 51.5 Å². The zero-order valence-electron chi connectivity index (χ0n) is 24.0. The fourth-order valence-corrected chi connectivity index (χ4v) is 7.89. The largest absolute Gasteiger partial charge is 0.496 e. The van der Waals surface area contributed by atoms with Crippen LogP contribution in [0.4, 0.5) is 5.69 Å². The van der Waals surface area contributed by atoms with Gasteiger partial charge in [0.15, 0.2) is 5.17 Å². The van der Waals surface area contributed by atoms with Crippen molar-refractivity contribution in [3.8, 4) is 5.75 Å². The number of ether oxygens (including phenoxy) is 1. The molecule has 2 aliphatic heterocycles. The van der Waals surface area contributed by atoms with Crippen molar-refractivity contribution in [1.29, 1.82) is 0 Å². The zero-order chi connectivity index (χ0) is 26.9. The summed E-state index contributed by atoms with van der Waals surface area (Å²) in [6.45, 7) is 9.96. The van der Waals surface area contributed by atoms with Crippen molar-refractivity contribution in [1.82, 2.24) is 4.90 Å². The quantitative estimate of drug-likeness (QED) is 0.346. The van der Waals surface area contributed by atoms with Crippen LogP contribution in [-0.2, 0) is 4.79 Å². The molecule has 2 heterocycles. The minimum Gasteiger partial charge on any atom is -0.496 e. The summed E-state index contributed by atoms with van der Waals surface area (Å²) in [7, 11) is 1.73. The Morgan fingerprint density at radius 1 is 1.08 bits per heavy atom. The standard InChI is InChI=1S/C32H45N3O2S/c1-6-17-34-27-20-28(37-5)23(18-26(27)22(2)21-32(34,3)4)19-29-30(36)35(25-15-11-8-12-16-25)31(38-29)33-24-13-9-7-10-14-24/h18-21,24-25H,6-17H2,1-5H3/b29-19+,33-31?. The van der Waals surface area contributed by atoms with Gasteiger partial charge in [0.25, 0.3) is 5.91 Å². The van der Waals surface area contributed by atoms with Crippen LogP contribution in [0.15, 0.2) is 28.1 Å². The lowest BCUT2D eigenvalue weighted by Gasteiger charge is -2.43. The Hall–Kier alpha value is -2.21. The maximum absolute atomic E-state index is 13.9. The molecule has 1 aromatic carbocycles. The molecule has 3 fully saturated rings. The summed E-state index contributed by atoms with van der Waals surface area (Å²) < 4.78 is 5.92. The number of carbonyl (C=O) groups excluding carboxylic acids is 1. The van der Waals surface area contributed by atoms with Gasteiger partial charge in [-0.25, -0.2) is 0 Å². The first-order valence-electron chi connectivity index (χ1n) is 14.8. The smallest absolute Gasteiger partial charge is 0.267 e. The number of aliphatic imine (C=N–C) groups is 1. The summed E-state index contributed by atoms with van der Waals surface area (Å²) in [6.07, 6.45) is 17.4. The number of thioether (sulfide) groups is 1. The molecule has 1 amide bonds. The zero-order valence-corrected chi connectivity index (χ0v) is 24.8. The van der Waals surface area contributed by atoms with Crippen LogP contribution in [0.3, 0.4) is 0 Å². The van der Waals surface area contributed by atoms with Crippen LogP contribution >= 0.6 is 11.8 Å². The minimum absolute atomic E-state index is 0.0552. The molecule has 0 aromatic heterocycles. The number of rotatable bonds is 6. The van der Waals surface area contributed by atoms with E-state index in [1.807, 2.05) is 0 Å². The van der Waals surface area contributed by atoms with E-state index in [0.717, 1.165) is 60.0 Å².